The Kier molecular flexibility index (Phi) is 6.71. The summed E-state index contributed by atoms with van der Waals surface area (Å²) in [5.74, 6) is -1.19. The summed E-state index contributed by atoms with van der Waals surface area (Å²) in [6, 6.07) is 20.7. The maximum absolute atomic E-state index is 12.9. The summed E-state index contributed by atoms with van der Waals surface area (Å²) in [6.07, 6.45) is 0.0324. The number of nitrogens with one attached hydrogen (secondary N) is 1. The van der Waals surface area contributed by atoms with Crippen molar-refractivity contribution in [1.82, 2.24) is 0 Å². The Bertz CT molecular complexity index is 1320. The van der Waals surface area contributed by atoms with E-state index < -0.39 is 21.2 Å². The van der Waals surface area contributed by atoms with Gasteiger partial charge in [-0.25, -0.2) is 18.1 Å². The molecule has 1 atom stereocenters. The molecule has 3 aromatic rings. The molecule has 1 aliphatic rings. The third-order valence-corrected chi connectivity index (χ3v) is 7.68. The lowest BCUT2D eigenvalue weighted by molar-refractivity contribution is -0.121. The number of amides is 2. The van der Waals surface area contributed by atoms with Crippen LogP contribution in [-0.2, 0) is 24.3 Å². The van der Waals surface area contributed by atoms with E-state index in [0.29, 0.717) is 16.9 Å². The Balaban J connectivity index is 1.43. The molecule has 0 bridgehead atoms. The van der Waals surface area contributed by atoms with Gasteiger partial charge in [0.2, 0.25) is 11.8 Å². The fourth-order valence-electron chi connectivity index (χ4n) is 3.41. The van der Waals surface area contributed by atoms with Gasteiger partial charge in [0.05, 0.1) is 28.5 Å². The zero-order chi connectivity index (χ0) is 24.3. The van der Waals surface area contributed by atoms with Gasteiger partial charge < -0.3 is 4.74 Å². The number of carbonyl (C=O) groups excluding carboxylic acids is 3. The van der Waals surface area contributed by atoms with Gasteiger partial charge in [-0.1, -0.05) is 18.2 Å². The smallest absolute Gasteiger partial charge is 0.337 e. The van der Waals surface area contributed by atoms with E-state index in [1.165, 1.54) is 55.3 Å². The van der Waals surface area contributed by atoms with Crippen LogP contribution in [0.1, 0.15) is 16.8 Å². The summed E-state index contributed by atoms with van der Waals surface area (Å²) in [7, 11) is -2.43. The molecule has 1 unspecified atom stereocenters. The van der Waals surface area contributed by atoms with Crippen LogP contribution >= 0.6 is 11.8 Å². The molecular formula is C24H20N2O6S2. The fourth-order valence-corrected chi connectivity index (χ4v) is 5.54. The Hall–Kier alpha value is -3.63. The van der Waals surface area contributed by atoms with Gasteiger partial charge in [0.25, 0.3) is 10.0 Å². The second-order valence-corrected chi connectivity index (χ2v) is 10.3. The van der Waals surface area contributed by atoms with E-state index in [-0.39, 0.29) is 23.1 Å². The summed E-state index contributed by atoms with van der Waals surface area (Å²) in [4.78, 5) is 39.0. The van der Waals surface area contributed by atoms with E-state index in [1.807, 2.05) is 0 Å². The molecule has 0 saturated carbocycles. The summed E-state index contributed by atoms with van der Waals surface area (Å²) in [6.45, 7) is 0. The molecule has 174 valence electrons. The minimum Gasteiger partial charge on any atom is -0.465 e. The number of nitrogens with zero attached hydrogens (tertiary/aromatic N) is 1. The molecule has 4 rings (SSSR count). The normalized spacial score (nSPS) is 15.9. The highest BCUT2D eigenvalue weighted by atomic mass is 32.2. The first-order valence-corrected chi connectivity index (χ1v) is 12.5. The molecule has 2 amide bonds. The highest BCUT2D eigenvalue weighted by Gasteiger charge is 2.40. The van der Waals surface area contributed by atoms with Crippen LogP contribution in [-0.4, -0.2) is 38.6 Å². The quantitative estimate of drug-likeness (QED) is 0.392. The molecule has 1 saturated heterocycles. The second kappa shape index (κ2) is 9.70. The zero-order valence-corrected chi connectivity index (χ0v) is 19.6. The molecule has 0 spiro atoms. The number of hydrogen-bond donors (Lipinski definition) is 1. The highest BCUT2D eigenvalue weighted by Crippen LogP contribution is 2.34. The third kappa shape index (κ3) is 4.97. The molecule has 0 aliphatic carbocycles. The monoisotopic (exact) mass is 496 g/mol. The van der Waals surface area contributed by atoms with E-state index in [0.717, 1.165) is 9.80 Å². The number of imide groups is 1. The lowest BCUT2D eigenvalue weighted by Crippen LogP contribution is -2.31. The van der Waals surface area contributed by atoms with E-state index in [1.54, 1.807) is 42.5 Å². The second-order valence-electron chi connectivity index (χ2n) is 7.36. The van der Waals surface area contributed by atoms with Gasteiger partial charge in [0.15, 0.2) is 0 Å². The summed E-state index contributed by atoms with van der Waals surface area (Å²) in [5, 5.41) is -0.611. The van der Waals surface area contributed by atoms with Crippen molar-refractivity contribution in [2.24, 2.45) is 0 Å². The van der Waals surface area contributed by atoms with Gasteiger partial charge in [0.1, 0.15) is 0 Å². The Morgan fingerprint density at radius 1 is 0.971 bits per heavy atom. The third-order valence-electron chi connectivity index (χ3n) is 5.09. The first kappa shape index (κ1) is 23.5. The number of carbonyl (C=O) groups is 3. The molecule has 34 heavy (non-hydrogen) atoms. The van der Waals surface area contributed by atoms with Crippen LogP contribution in [0.2, 0.25) is 0 Å². The average molecular weight is 497 g/mol. The Labute approximate surface area is 201 Å². The zero-order valence-electron chi connectivity index (χ0n) is 18.0. The van der Waals surface area contributed by atoms with Crippen LogP contribution in [0.15, 0.2) is 88.7 Å². The molecule has 8 nitrogen and oxygen atoms in total. The number of hydrogen-bond acceptors (Lipinski definition) is 7. The van der Waals surface area contributed by atoms with Crippen molar-refractivity contribution in [2.45, 2.75) is 21.5 Å². The van der Waals surface area contributed by atoms with Crippen molar-refractivity contribution >= 4 is 50.9 Å². The van der Waals surface area contributed by atoms with E-state index in [2.05, 4.69) is 9.46 Å². The van der Waals surface area contributed by atoms with Gasteiger partial charge in [-0.2, -0.15) is 0 Å². The van der Waals surface area contributed by atoms with Gasteiger partial charge >= 0.3 is 5.97 Å². The SMILES string of the molecule is COC(=O)c1ccc(N2C(=O)CC(Sc3ccc(NS(=O)(=O)c4ccccc4)cc3)C2=O)cc1. The average Bonchev–Trinajstić information content (AvgIpc) is 3.12. The molecular weight excluding hydrogens is 476 g/mol. The molecule has 1 heterocycles. The molecule has 10 heteroatoms. The van der Waals surface area contributed by atoms with Crippen molar-refractivity contribution in [3.8, 4) is 0 Å². The minimum absolute atomic E-state index is 0.0324. The molecule has 3 aromatic carbocycles. The van der Waals surface area contributed by atoms with Gasteiger partial charge in [-0.15, -0.1) is 11.8 Å². The number of esters is 1. The van der Waals surface area contributed by atoms with Crippen molar-refractivity contribution in [1.29, 1.82) is 0 Å². The standard InChI is InChI=1S/C24H20N2O6S2/c1-32-24(29)16-7-11-18(12-8-16)26-22(27)15-21(23(26)28)33-19-13-9-17(10-14-19)25-34(30,31)20-5-3-2-4-6-20/h2-14,21,25H,15H2,1H3. The summed E-state index contributed by atoms with van der Waals surface area (Å²) < 4.78 is 32.1. The molecule has 1 fully saturated rings. The van der Waals surface area contributed by atoms with Gasteiger partial charge in [0, 0.05) is 17.0 Å². The number of ether oxygens (including phenoxy) is 1. The number of benzene rings is 3. The van der Waals surface area contributed by atoms with Crippen LogP contribution in [0.25, 0.3) is 0 Å². The van der Waals surface area contributed by atoms with E-state index >= 15 is 0 Å². The highest BCUT2D eigenvalue weighted by molar-refractivity contribution is 8.00. The maximum Gasteiger partial charge on any atom is 0.337 e. The van der Waals surface area contributed by atoms with Crippen LogP contribution in [0.4, 0.5) is 11.4 Å². The maximum atomic E-state index is 12.9. The van der Waals surface area contributed by atoms with Crippen molar-refractivity contribution in [2.75, 3.05) is 16.7 Å². The van der Waals surface area contributed by atoms with Crippen LogP contribution in [0.5, 0.6) is 0 Å². The van der Waals surface area contributed by atoms with Crippen molar-refractivity contribution < 1.29 is 27.5 Å². The first-order chi connectivity index (χ1) is 16.3. The molecule has 0 aromatic heterocycles. The molecule has 0 radical (unpaired) electrons. The van der Waals surface area contributed by atoms with E-state index in [4.69, 9.17) is 0 Å². The summed E-state index contributed by atoms with van der Waals surface area (Å²) >= 11 is 1.23. The number of thioether (sulfide) groups is 1. The van der Waals surface area contributed by atoms with Crippen molar-refractivity contribution in [3.05, 3.63) is 84.4 Å². The van der Waals surface area contributed by atoms with Crippen LogP contribution in [0.3, 0.4) is 0 Å². The van der Waals surface area contributed by atoms with Crippen molar-refractivity contribution in [3.63, 3.8) is 0 Å². The Morgan fingerprint density at radius 2 is 1.62 bits per heavy atom. The Morgan fingerprint density at radius 3 is 2.24 bits per heavy atom. The predicted octanol–water partition coefficient (Wildman–Crippen LogP) is 3.70. The number of anilines is 2. The molecule has 1 aliphatic heterocycles. The lowest BCUT2D eigenvalue weighted by Gasteiger charge is -2.15. The molecule has 1 N–H and O–H groups in total. The number of rotatable bonds is 7. The topological polar surface area (TPSA) is 110 Å². The first-order valence-electron chi connectivity index (χ1n) is 10.2. The number of methoxy groups -OCH3 is 1. The van der Waals surface area contributed by atoms with Crippen LogP contribution in [0, 0.1) is 0 Å². The lowest BCUT2D eigenvalue weighted by atomic mass is 10.2. The van der Waals surface area contributed by atoms with Gasteiger partial charge in [-0.05, 0) is 60.7 Å². The summed E-state index contributed by atoms with van der Waals surface area (Å²) in [5.41, 5.74) is 1.09. The van der Waals surface area contributed by atoms with E-state index in [9.17, 15) is 22.8 Å². The fraction of sp³-hybridized carbons (Fsp3) is 0.125. The largest absolute Gasteiger partial charge is 0.465 e. The van der Waals surface area contributed by atoms with Gasteiger partial charge in [-0.3, -0.25) is 14.3 Å². The number of sulfonamides is 1. The minimum atomic E-state index is -3.70. The van der Waals surface area contributed by atoms with Crippen LogP contribution < -0.4 is 9.62 Å². The predicted molar refractivity (Wildman–Crippen MR) is 128 cm³/mol.